The predicted molar refractivity (Wildman–Crippen MR) is 104 cm³/mol. The average Bonchev–Trinajstić information content (AvgIpc) is 3.24. The Kier molecular flexibility index (Phi) is 4.50. The quantitative estimate of drug-likeness (QED) is 0.678. The molecular weight excluding hydrogens is 379 g/mol. The van der Waals surface area contributed by atoms with Crippen molar-refractivity contribution in [3.63, 3.8) is 0 Å². The number of fused-ring (bicyclic) bond motifs is 1. The van der Waals surface area contributed by atoms with E-state index in [0.29, 0.717) is 34.4 Å². The molecule has 1 aliphatic rings. The predicted octanol–water partition coefficient (Wildman–Crippen LogP) is 2.62. The van der Waals surface area contributed by atoms with Crippen LogP contribution in [0.3, 0.4) is 0 Å². The fourth-order valence-corrected chi connectivity index (χ4v) is 3.05. The molecule has 1 aliphatic heterocycles. The van der Waals surface area contributed by atoms with Gasteiger partial charge < -0.3 is 15.2 Å². The summed E-state index contributed by atoms with van der Waals surface area (Å²) in [5.74, 6) is 1.50. The van der Waals surface area contributed by atoms with E-state index in [4.69, 9.17) is 20.0 Å². The van der Waals surface area contributed by atoms with Crippen molar-refractivity contribution in [2.24, 2.45) is 4.99 Å². The molecule has 4 rings (SSSR count). The molecule has 0 radical (unpaired) electrons. The number of nitrogens with two attached hydrogens (primary N) is 1. The number of nitrogens with zero attached hydrogens (tertiary/aromatic N) is 4. The van der Waals surface area contributed by atoms with Crippen LogP contribution in [0.1, 0.15) is 38.1 Å². The number of halogens is 1. The first-order valence-electron chi connectivity index (χ1n) is 8.95. The van der Waals surface area contributed by atoms with Gasteiger partial charge in [-0.1, -0.05) is 0 Å². The van der Waals surface area contributed by atoms with E-state index in [2.05, 4.69) is 20.4 Å². The molecule has 0 saturated carbocycles. The van der Waals surface area contributed by atoms with E-state index in [-0.39, 0.29) is 11.6 Å². The summed E-state index contributed by atoms with van der Waals surface area (Å²) in [6.45, 7) is 5.43. The lowest BCUT2D eigenvalue weighted by Crippen LogP contribution is -2.24. The number of hydroxylamine groups is 1. The van der Waals surface area contributed by atoms with E-state index in [1.165, 1.54) is 19.2 Å². The van der Waals surface area contributed by atoms with Crippen LogP contribution in [0.15, 0.2) is 35.6 Å². The molecule has 1 aromatic carbocycles. The highest BCUT2D eigenvalue weighted by Crippen LogP contribution is 2.32. The van der Waals surface area contributed by atoms with Crippen molar-refractivity contribution in [1.29, 1.82) is 0 Å². The zero-order valence-corrected chi connectivity index (χ0v) is 16.4. The number of aromatic nitrogens is 3. The highest BCUT2D eigenvalue weighted by Gasteiger charge is 2.28. The maximum absolute atomic E-state index is 13.7. The Hall–Kier alpha value is -3.40. The number of nitrogen functional groups attached to an aromatic ring is 1. The first kappa shape index (κ1) is 18.9. The van der Waals surface area contributed by atoms with Gasteiger partial charge in [-0.25, -0.2) is 24.7 Å². The summed E-state index contributed by atoms with van der Waals surface area (Å²) >= 11 is 0. The molecule has 10 heteroatoms. The Balaban J connectivity index is 1.70. The van der Waals surface area contributed by atoms with Gasteiger partial charge in [0, 0.05) is 5.56 Å². The van der Waals surface area contributed by atoms with Crippen LogP contribution in [0.2, 0.25) is 0 Å². The molecule has 3 N–H and O–H groups in total. The molecule has 0 unspecified atom stereocenters. The second kappa shape index (κ2) is 6.89. The number of hydrogen-bond donors (Lipinski definition) is 2. The Morgan fingerprint density at radius 1 is 1.31 bits per heavy atom. The van der Waals surface area contributed by atoms with Gasteiger partial charge in [-0.15, -0.1) is 0 Å². The van der Waals surface area contributed by atoms with Crippen molar-refractivity contribution < 1.29 is 18.7 Å². The number of nitrogens with one attached hydrogen (secondary N) is 1. The maximum atomic E-state index is 13.7. The van der Waals surface area contributed by atoms with E-state index in [0.717, 1.165) is 0 Å². The van der Waals surface area contributed by atoms with Crippen LogP contribution in [0.25, 0.3) is 5.78 Å². The first-order chi connectivity index (χ1) is 13.8. The second-order valence-electron chi connectivity index (χ2n) is 7.06. The maximum Gasteiger partial charge on any atom is 0.236 e. The minimum Gasteiger partial charge on any atom is -0.496 e. The number of ether oxygens (including phenoxy) is 2. The molecule has 0 aliphatic carbocycles. The van der Waals surface area contributed by atoms with Gasteiger partial charge in [0.2, 0.25) is 5.78 Å². The summed E-state index contributed by atoms with van der Waals surface area (Å²) < 4.78 is 26.7. The molecule has 3 aromatic rings. The number of rotatable bonds is 5. The highest BCUT2D eigenvalue weighted by atomic mass is 19.1. The van der Waals surface area contributed by atoms with Crippen molar-refractivity contribution in [3.8, 4) is 11.5 Å². The number of anilines is 1. The Labute approximate surface area is 166 Å². The molecule has 2 aromatic heterocycles. The largest absolute Gasteiger partial charge is 0.496 e. The second-order valence-corrected chi connectivity index (χ2v) is 7.06. The van der Waals surface area contributed by atoms with Crippen LogP contribution >= 0.6 is 0 Å². The van der Waals surface area contributed by atoms with Gasteiger partial charge in [0.15, 0.2) is 23.1 Å². The number of benzene rings is 1. The van der Waals surface area contributed by atoms with E-state index < -0.39 is 11.8 Å². The van der Waals surface area contributed by atoms with Gasteiger partial charge in [-0.2, -0.15) is 4.98 Å². The van der Waals surface area contributed by atoms with Crippen molar-refractivity contribution in [2.45, 2.75) is 32.6 Å². The number of amidine groups is 1. The number of imidazole rings is 1. The van der Waals surface area contributed by atoms with Gasteiger partial charge >= 0.3 is 0 Å². The van der Waals surface area contributed by atoms with Crippen LogP contribution in [-0.4, -0.2) is 33.0 Å². The van der Waals surface area contributed by atoms with Crippen LogP contribution in [-0.2, 0) is 4.84 Å². The van der Waals surface area contributed by atoms with Crippen molar-refractivity contribution in [1.82, 2.24) is 19.8 Å². The molecule has 1 atom stereocenters. The minimum absolute atomic E-state index is 0.162. The van der Waals surface area contributed by atoms with Gasteiger partial charge in [-0.3, -0.25) is 4.40 Å². The molecule has 0 bridgehead atoms. The zero-order chi connectivity index (χ0) is 20.8. The topological polar surface area (TPSA) is 108 Å². The lowest BCUT2D eigenvalue weighted by molar-refractivity contribution is -0.0270. The van der Waals surface area contributed by atoms with Crippen molar-refractivity contribution >= 4 is 17.4 Å². The Morgan fingerprint density at radius 3 is 2.79 bits per heavy atom. The van der Waals surface area contributed by atoms with Crippen molar-refractivity contribution in [3.05, 3.63) is 47.7 Å². The lowest BCUT2D eigenvalue weighted by Gasteiger charge is -2.18. The molecule has 0 fully saturated rings. The molecule has 3 heterocycles. The average molecular weight is 400 g/mol. The number of methoxy groups -OCH3 is 1. The fraction of sp³-hybridized carbons (Fsp3) is 0.316. The molecule has 29 heavy (non-hydrogen) atoms. The summed E-state index contributed by atoms with van der Waals surface area (Å²) in [5.41, 5.74) is 9.35. The highest BCUT2D eigenvalue weighted by molar-refractivity contribution is 5.98. The zero-order valence-electron chi connectivity index (χ0n) is 16.4. The molecule has 152 valence electrons. The van der Waals surface area contributed by atoms with Gasteiger partial charge in [-0.05, 0) is 39.0 Å². The standard InChI is InChI=1S/C19H21FN6O3/c1-10(12-7-11(20)5-6-14(12)27-4)28-15-9-26-13(8-22-18(26)23-16(15)21)17-24-19(2,3)29-25-17/h5-10H,1-4H3,(H,24,25)(H2,21,22,23)/t10-/m0/s1. The van der Waals surface area contributed by atoms with E-state index in [1.807, 2.05) is 13.8 Å². The number of hydrogen-bond acceptors (Lipinski definition) is 8. The first-order valence-corrected chi connectivity index (χ1v) is 8.95. The van der Waals surface area contributed by atoms with Crippen LogP contribution in [0.4, 0.5) is 10.2 Å². The summed E-state index contributed by atoms with van der Waals surface area (Å²) in [4.78, 5) is 18.4. The summed E-state index contributed by atoms with van der Waals surface area (Å²) in [7, 11) is 1.52. The van der Waals surface area contributed by atoms with Gasteiger partial charge in [0.25, 0.3) is 0 Å². The smallest absolute Gasteiger partial charge is 0.236 e. The lowest BCUT2D eigenvalue weighted by atomic mass is 10.1. The molecule has 0 saturated heterocycles. The third kappa shape index (κ3) is 3.54. The minimum atomic E-state index is -0.692. The monoisotopic (exact) mass is 400 g/mol. The van der Waals surface area contributed by atoms with E-state index in [9.17, 15) is 4.39 Å². The summed E-state index contributed by atoms with van der Waals surface area (Å²) in [6.07, 6.45) is 2.73. The molecule has 0 spiro atoms. The Bertz CT molecular complexity index is 1110. The normalized spacial score (nSPS) is 16.4. The SMILES string of the molecule is COc1ccc(F)cc1[C@H](C)Oc1cn2c(C3=NC(C)(C)ON3)cnc2nc1N. The molecule has 0 amide bonds. The fourth-order valence-electron chi connectivity index (χ4n) is 3.05. The van der Waals surface area contributed by atoms with Gasteiger partial charge in [0.05, 0.1) is 19.5 Å². The molecule has 9 nitrogen and oxygen atoms in total. The van der Waals surface area contributed by atoms with Gasteiger partial charge in [0.1, 0.15) is 23.4 Å². The van der Waals surface area contributed by atoms with Crippen LogP contribution in [0.5, 0.6) is 11.5 Å². The number of aliphatic imine (C=N–C) groups is 1. The van der Waals surface area contributed by atoms with Crippen molar-refractivity contribution in [2.75, 3.05) is 12.8 Å². The van der Waals surface area contributed by atoms with E-state index >= 15 is 0 Å². The molecular formula is C19H21FN6O3. The summed E-state index contributed by atoms with van der Waals surface area (Å²) in [6, 6.07) is 4.24. The van der Waals surface area contributed by atoms with E-state index in [1.54, 1.807) is 29.8 Å². The third-order valence-electron chi connectivity index (χ3n) is 4.45. The van der Waals surface area contributed by atoms with Crippen LogP contribution in [0, 0.1) is 5.82 Å². The van der Waals surface area contributed by atoms with Crippen LogP contribution < -0.4 is 20.7 Å². The Morgan fingerprint density at radius 2 is 2.10 bits per heavy atom. The summed E-state index contributed by atoms with van der Waals surface area (Å²) in [5, 5.41) is 0. The third-order valence-corrected chi connectivity index (χ3v) is 4.45.